The summed E-state index contributed by atoms with van der Waals surface area (Å²) in [6.07, 6.45) is 4.22. The standard InChI is InChI=1S/C24H41F3N6/c25-24(26,27)21-7-6-17(10-18(21)12-29)22-31-14-19(13-30-20-4-2-1-3-5-20)23(32-22)33-9-8-16(11-28)15-33/h16-23,30-32H,1-11,13-15,28H2. The third-order valence-electron chi connectivity index (χ3n) is 8.66. The lowest BCUT2D eigenvalue weighted by molar-refractivity contribution is -0.194. The number of nitrogens with zero attached hydrogens (tertiary/aromatic N) is 2. The molecule has 7 atom stereocenters. The van der Waals surface area contributed by atoms with Crippen LogP contribution in [0.15, 0.2) is 0 Å². The molecule has 4 rings (SSSR count). The topological polar surface area (TPSA) is 89.1 Å². The zero-order chi connectivity index (χ0) is 23.4. The van der Waals surface area contributed by atoms with Crippen molar-refractivity contribution >= 4 is 0 Å². The Morgan fingerprint density at radius 3 is 2.55 bits per heavy atom. The average molecular weight is 471 g/mol. The van der Waals surface area contributed by atoms with Crippen molar-refractivity contribution in [3.8, 4) is 6.07 Å². The Hall–Kier alpha value is -0.920. The van der Waals surface area contributed by atoms with Gasteiger partial charge >= 0.3 is 6.18 Å². The van der Waals surface area contributed by atoms with Gasteiger partial charge in [-0.1, -0.05) is 19.3 Å². The molecule has 4 aliphatic rings. The molecule has 2 aliphatic heterocycles. The Balaban J connectivity index is 1.39. The van der Waals surface area contributed by atoms with E-state index in [1.165, 1.54) is 32.1 Å². The molecule has 6 nitrogen and oxygen atoms in total. The first kappa shape index (κ1) is 25.2. The number of nitrogens with two attached hydrogens (primary N) is 1. The second kappa shape index (κ2) is 11.2. The molecule has 2 heterocycles. The summed E-state index contributed by atoms with van der Waals surface area (Å²) < 4.78 is 40.1. The highest BCUT2D eigenvalue weighted by Gasteiger charge is 2.49. The highest BCUT2D eigenvalue weighted by atomic mass is 19.4. The average Bonchev–Trinajstić information content (AvgIpc) is 3.31. The van der Waals surface area contributed by atoms with Crippen molar-refractivity contribution in [1.82, 2.24) is 20.9 Å². The highest BCUT2D eigenvalue weighted by molar-refractivity contribution is 5.00. The lowest BCUT2D eigenvalue weighted by atomic mass is 9.72. The minimum atomic E-state index is -4.29. The number of nitriles is 1. The van der Waals surface area contributed by atoms with Gasteiger partial charge in [-0.05, 0) is 56.9 Å². The molecule has 188 valence electrons. The Bertz CT molecular complexity index is 662. The van der Waals surface area contributed by atoms with Gasteiger partial charge < -0.3 is 16.4 Å². The number of likely N-dealkylation sites (tertiary alicyclic amines) is 1. The van der Waals surface area contributed by atoms with E-state index < -0.39 is 18.0 Å². The zero-order valence-corrected chi connectivity index (χ0v) is 19.6. The van der Waals surface area contributed by atoms with Crippen LogP contribution in [0.5, 0.6) is 0 Å². The summed E-state index contributed by atoms with van der Waals surface area (Å²) in [5.41, 5.74) is 5.95. The molecular weight excluding hydrogens is 429 g/mol. The molecular formula is C24H41F3N6. The third-order valence-corrected chi connectivity index (χ3v) is 8.66. The van der Waals surface area contributed by atoms with Crippen LogP contribution >= 0.6 is 0 Å². The van der Waals surface area contributed by atoms with Gasteiger partial charge in [0.2, 0.25) is 0 Å². The van der Waals surface area contributed by atoms with E-state index in [1.54, 1.807) is 0 Å². The normalized spacial score (nSPS) is 39.4. The smallest absolute Gasteiger partial charge is 0.330 e. The van der Waals surface area contributed by atoms with Crippen LogP contribution in [-0.4, -0.2) is 62.2 Å². The van der Waals surface area contributed by atoms with E-state index in [2.05, 4.69) is 20.9 Å². The maximum atomic E-state index is 13.4. The van der Waals surface area contributed by atoms with E-state index in [4.69, 9.17) is 5.73 Å². The predicted molar refractivity (Wildman–Crippen MR) is 122 cm³/mol. The summed E-state index contributed by atoms with van der Waals surface area (Å²) in [4.78, 5) is 2.50. The Morgan fingerprint density at radius 2 is 1.88 bits per heavy atom. The van der Waals surface area contributed by atoms with Crippen molar-refractivity contribution in [2.75, 3.05) is 32.7 Å². The van der Waals surface area contributed by atoms with Gasteiger partial charge in [-0.15, -0.1) is 0 Å². The van der Waals surface area contributed by atoms with Gasteiger partial charge in [0.25, 0.3) is 0 Å². The van der Waals surface area contributed by atoms with E-state index in [9.17, 15) is 18.4 Å². The van der Waals surface area contributed by atoms with Crippen LogP contribution in [0, 0.1) is 40.9 Å². The Kier molecular flexibility index (Phi) is 8.56. The van der Waals surface area contributed by atoms with E-state index in [0.717, 1.165) is 32.6 Å². The van der Waals surface area contributed by atoms with Crippen LogP contribution in [-0.2, 0) is 0 Å². The van der Waals surface area contributed by atoms with Crippen molar-refractivity contribution in [2.24, 2.45) is 35.3 Å². The molecule has 7 unspecified atom stereocenters. The predicted octanol–water partition coefficient (Wildman–Crippen LogP) is 2.77. The van der Waals surface area contributed by atoms with Gasteiger partial charge in [-0.3, -0.25) is 10.2 Å². The second-order valence-corrected chi connectivity index (χ2v) is 10.8. The SMILES string of the molecule is N#CC1CC(C2NCC(CNC3CCCCC3)C(N3CCC(CN)C3)N2)CCC1C(F)(F)F. The first-order chi connectivity index (χ1) is 15.9. The Morgan fingerprint density at radius 1 is 1.09 bits per heavy atom. The first-order valence-electron chi connectivity index (χ1n) is 13.0. The number of alkyl halides is 3. The minimum absolute atomic E-state index is 0.0379. The first-order valence-corrected chi connectivity index (χ1v) is 13.0. The number of nitrogens with one attached hydrogen (secondary N) is 3. The minimum Gasteiger partial charge on any atom is -0.330 e. The maximum Gasteiger partial charge on any atom is 0.393 e. The van der Waals surface area contributed by atoms with E-state index in [0.29, 0.717) is 37.3 Å². The largest absolute Gasteiger partial charge is 0.393 e. The molecule has 0 bridgehead atoms. The fourth-order valence-electron chi connectivity index (χ4n) is 6.63. The molecule has 0 spiro atoms. The van der Waals surface area contributed by atoms with Crippen molar-refractivity contribution < 1.29 is 13.2 Å². The summed E-state index contributed by atoms with van der Waals surface area (Å²) in [7, 11) is 0. The van der Waals surface area contributed by atoms with Crippen molar-refractivity contribution in [1.29, 1.82) is 5.26 Å². The van der Waals surface area contributed by atoms with Gasteiger partial charge in [-0.25, -0.2) is 0 Å². The lowest BCUT2D eigenvalue weighted by Gasteiger charge is -2.47. The summed E-state index contributed by atoms with van der Waals surface area (Å²) in [5, 5.41) is 20.6. The molecule has 5 N–H and O–H groups in total. The summed E-state index contributed by atoms with van der Waals surface area (Å²) >= 11 is 0. The summed E-state index contributed by atoms with van der Waals surface area (Å²) in [6.45, 7) is 4.45. The number of hydrogen-bond donors (Lipinski definition) is 4. The van der Waals surface area contributed by atoms with Crippen molar-refractivity contribution in [2.45, 2.75) is 82.3 Å². The van der Waals surface area contributed by atoms with Crippen LogP contribution in [0.3, 0.4) is 0 Å². The summed E-state index contributed by atoms with van der Waals surface area (Å²) in [6, 6.07) is 2.56. The third kappa shape index (κ3) is 6.21. The quantitative estimate of drug-likeness (QED) is 0.478. The molecule has 4 fully saturated rings. The molecule has 33 heavy (non-hydrogen) atoms. The maximum absolute atomic E-state index is 13.4. The summed E-state index contributed by atoms with van der Waals surface area (Å²) in [5.74, 6) is -1.51. The molecule has 2 aliphatic carbocycles. The van der Waals surface area contributed by atoms with Gasteiger partial charge in [0.05, 0.1) is 30.2 Å². The second-order valence-electron chi connectivity index (χ2n) is 10.8. The molecule has 9 heteroatoms. The highest BCUT2D eigenvalue weighted by Crippen LogP contribution is 2.44. The van der Waals surface area contributed by atoms with Crippen LogP contribution in [0.25, 0.3) is 0 Å². The molecule has 0 radical (unpaired) electrons. The molecule has 2 saturated carbocycles. The number of hydrogen-bond acceptors (Lipinski definition) is 6. The lowest BCUT2D eigenvalue weighted by Crippen LogP contribution is -2.67. The fourth-order valence-corrected chi connectivity index (χ4v) is 6.63. The van der Waals surface area contributed by atoms with Crippen molar-refractivity contribution in [3.05, 3.63) is 0 Å². The number of rotatable bonds is 6. The van der Waals surface area contributed by atoms with Crippen LogP contribution in [0.1, 0.15) is 57.8 Å². The monoisotopic (exact) mass is 470 g/mol. The fraction of sp³-hybridized carbons (Fsp3) is 0.958. The molecule has 0 amide bonds. The van der Waals surface area contributed by atoms with Gasteiger partial charge in [-0.2, -0.15) is 18.4 Å². The van der Waals surface area contributed by atoms with Crippen molar-refractivity contribution in [3.63, 3.8) is 0 Å². The number of halogens is 3. The van der Waals surface area contributed by atoms with Gasteiger partial charge in [0.1, 0.15) is 0 Å². The molecule has 0 aromatic heterocycles. The van der Waals surface area contributed by atoms with E-state index >= 15 is 0 Å². The Labute approximate surface area is 196 Å². The molecule has 0 aromatic carbocycles. The van der Waals surface area contributed by atoms with Gasteiger partial charge in [0, 0.05) is 38.1 Å². The van der Waals surface area contributed by atoms with Gasteiger partial charge in [0.15, 0.2) is 0 Å². The van der Waals surface area contributed by atoms with Crippen LogP contribution < -0.4 is 21.7 Å². The zero-order valence-electron chi connectivity index (χ0n) is 19.6. The molecule has 0 aromatic rings. The van der Waals surface area contributed by atoms with E-state index in [-0.39, 0.29) is 24.7 Å². The van der Waals surface area contributed by atoms with Crippen LogP contribution in [0.2, 0.25) is 0 Å². The van der Waals surface area contributed by atoms with Crippen LogP contribution in [0.4, 0.5) is 13.2 Å². The molecule has 2 saturated heterocycles. The van der Waals surface area contributed by atoms with E-state index in [1.807, 2.05) is 6.07 Å².